The van der Waals surface area contributed by atoms with Gasteiger partial charge in [0.2, 0.25) is 0 Å². The second kappa shape index (κ2) is 3.92. The number of carbonyl (C=O) groups excluding carboxylic acids is 1. The van der Waals surface area contributed by atoms with Crippen molar-refractivity contribution in [3.8, 4) is 0 Å². The number of carboxylic acids is 1. The molecule has 0 aliphatic carbocycles. The Balaban J connectivity index is 2.59. The maximum atomic E-state index is 12.0. The summed E-state index contributed by atoms with van der Waals surface area (Å²) >= 11 is 0. The molecule has 1 N–H and O–H groups in total. The summed E-state index contributed by atoms with van der Waals surface area (Å²) in [6.07, 6.45) is -2.72. The van der Waals surface area contributed by atoms with E-state index in [0.717, 1.165) is 12.2 Å². The van der Waals surface area contributed by atoms with E-state index in [1.165, 1.54) is 0 Å². The second-order valence-electron chi connectivity index (χ2n) is 3.05. The quantitative estimate of drug-likeness (QED) is 0.704. The molecule has 4 nitrogen and oxygen atoms in total. The van der Waals surface area contributed by atoms with Crippen LogP contribution >= 0.6 is 0 Å². The van der Waals surface area contributed by atoms with Crippen molar-refractivity contribution in [1.29, 1.82) is 0 Å². The van der Waals surface area contributed by atoms with Gasteiger partial charge in [0.05, 0.1) is 6.04 Å². The van der Waals surface area contributed by atoms with Gasteiger partial charge >= 0.3 is 18.1 Å². The van der Waals surface area contributed by atoms with Crippen molar-refractivity contribution in [2.75, 3.05) is 6.54 Å². The van der Waals surface area contributed by atoms with Gasteiger partial charge in [0.1, 0.15) is 0 Å². The van der Waals surface area contributed by atoms with Crippen LogP contribution in [0.5, 0.6) is 0 Å². The van der Waals surface area contributed by atoms with Gasteiger partial charge in [0.25, 0.3) is 0 Å². The number of hydrogen-bond donors (Lipinski definition) is 1. The molecule has 1 saturated heterocycles. The summed E-state index contributed by atoms with van der Waals surface area (Å²) in [6.45, 7) is 0.00691. The average molecular weight is 223 g/mol. The predicted molar refractivity (Wildman–Crippen MR) is 42.9 cm³/mol. The summed E-state index contributed by atoms with van der Waals surface area (Å²) in [6, 6.07) is -0.754. The largest absolute Gasteiger partial charge is 0.478 e. The molecule has 7 heteroatoms. The number of nitrogens with zero attached hydrogens (tertiary/aromatic N) is 1. The van der Waals surface area contributed by atoms with Gasteiger partial charge in [-0.1, -0.05) is 6.08 Å². The molecule has 0 aromatic rings. The van der Waals surface area contributed by atoms with E-state index in [-0.39, 0.29) is 6.54 Å². The van der Waals surface area contributed by atoms with Crippen LogP contribution in [0.3, 0.4) is 0 Å². The molecule has 1 unspecified atom stereocenters. The Morgan fingerprint density at radius 2 is 2.00 bits per heavy atom. The lowest BCUT2D eigenvalue weighted by atomic mass is 10.0. The topological polar surface area (TPSA) is 57.6 Å². The van der Waals surface area contributed by atoms with Crippen molar-refractivity contribution in [3.05, 3.63) is 12.2 Å². The lowest BCUT2D eigenvalue weighted by Crippen LogP contribution is -2.54. The molecule has 1 amide bonds. The Bertz CT molecular complexity index is 311. The molecule has 0 spiro atoms. The zero-order chi connectivity index (χ0) is 11.6. The monoisotopic (exact) mass is 223 g/mol. The first-order valence-electron chi connectivity index (χ1n) is 4.11. The Kier molecular flexibility index (Phi) is 3.01. The SMILES string of the molecule is O=C(O)/C=C/C1CCN1C(=O)C(F)(F)F. The standard InChI is InChI=1S/C8H8F3NO3/c9-8(10,11)7(15)12-4-3-5(12)1-2-6(13)14/h1-2,5H,3-4H2,(H,13,14)/b2-1+. The minimum Gasteiger partial charge on any atom is -0.478 e. The van der Waals surface area contributed by atoms with Crippen molar-refractivity contribution in [2.24, 2.45) is 0 Å². The predicted octanol–water partition coefficient (Wildman–Crippen LogP) is 0.790. The highest BCUT2D eigenvalue weighted by Gasteiger charge is 2.46. The number of carbonyl (C=O) groups is 2. The molecule has 1 heterocycles. The molecular weight excluding hydrogens is 215 g/mol. The number of carboxylic acid groups (broad SMARTS) is 1. The number of halogens is 3. The number of likely N-dealkylation sites (tertiary alicyclic amines) is 1. The molecule has 1 aliphatic heterocycles. The van der Waals surface area contributed by atoms with Crippen LogP contribution in [-0.2, 0) is 9.59 Å². The molecule has 0 radical (unpaired) electrons. The fourth-order valence-corrected chi connectivity index (χ4v) is 1.22. The van der Waals surface area contributed by atoms with Crippen LogP contribution in [0.2, 0.25) is 0 Å². The number of amides is 1. The third kappa shape index (κ3) is 2.71. The van der Waals surface area contributed by atoms with Crippen LogP contribution in [0, 0.1) is 0 Å². The molecule has 15 heavy (non-hydrogen) atoms. The smallest absolute Gasteiger partial charge is 0.471 e. The van der Waals surface area contributed by atoms with E-state index >= 15 is 0 Å². The van der Waals surface area contributed by atoms with Gasteiger partial charge in [0, 0.05) is 12.6 Å². The fourth-order valence-electron chi connectivity index (χ4n) is 1.22. The molecule has 0 saturated carbocycles. The van der Waals surface area contributed by atoms with Crippen LogP contribution in [-0.4, -0.2) is 40.6 Å². The molecular formula is C8H8F3NO3. The molecule has 1 rings (SSSR count). The van der Waals surface area contributed by atoms with Crippen molar-refractivity contribution in [1.82, 2.24) is 4.90 Å². The molecule has 1 aliphatic rings. The third-order valence-corrected chi connectivity index (χ3v) is 2.03. The number of alkyl halides is 3. The van der Waals surface area contributed by atoms with Gasteiger partial charge in [-0.05, 0) is 6.42 Å². The zero-order valence-corrected chi connectivity index (χ0v) is 7.49. The van der Waals surface area contributed by atoms with Gasteiger partial charge in [0.15, 0.2) is 0 Å². The Hall–Kier alpha value is -1.53. The van der Waals surface area contributed by atoms with Crippen molar-refractivity contribution in [3.63, 3.8) is 0 Å². The Labute approximate surface area is 83.0 Å². The summed E-state index contributed by atoms with van der Waals surface area (Å²) < 4.78 is 35.9. The average Bonchev–Trinajstić information content (AvgIpc) is 1.99. The zero-order valence-electron chi connectivity index (χ0n) is 7.49. The van der Waals surface area contributed by atoms with E-state index in [1.807, 2.05) is 0 Å². The Morgan fingerprint density at radius 3 is 2.33 bits per heavy atom. The molecule has 0 aromatic carbocycles. The van der Waals surface area contributed by atoms with Crippen molar-refractivity contribution < 1.29 is 27.9 Å². The van der Waals surface area contributed by atoms with Crippen LogP contribution < -0.4 is 0 Å². The van der Waals surface area contributed by atoms with Gasteiger partial charge in [-0.15, -0.1) is 0 Å². The first-order valence-corrected chi connectivity index (χ1v) is 4.11. The van der Waals surface area contributed by atoms with Crippen LogP contribution in [0.4, 0.5) is 13.2 Å². The summed E-state index contributed by atoms with van der Waals surface area (Å²) in [5.41, 5.74) is 0. The summed E-state index contributed by atoms with van der Waals surface area (Å²) in [5, 5.41) is 8.25. The van der Waals surface area contributed by atoms with Crippen LogP contribution in [0.15, 0.2) is 12.2 Å². The minimum atomic E-state index is -4.89. The summed E-state index contributed by atoms with van der Waals surface area (Å²) in [7, 11) is 0. The van der Waals surface area contributed by atoms with E-state index in [4.69, 9.17) is 5.11 Å². The third-order valence-electron chi connectivity index (χ3n) is 2.03. The molecule has 0 aromatic heterocycles. The summed E-state index contributed by atoms with van der Waals surface area (Å²) in [4.78, 5) is 21.4. The highest BCUT2D eigenvalue weighted by molar-refractivity contribution is 5.84. The first-order chi connectivity index (χ1) is 6.82. The van der Waals surface area contributed by atoms with Crippen molar-refractivity contribution in [2.45, 2.75) is 18.6 Å². The minimum absolute atomic E-state index is 0.00691. The molecule has 0 bridgehead atoms. The van der Waals surface area contributed by atoms with E-state index < -0.39 is 24.1 Å². The highest BCUT2D eigenvalue weighted by atomic mass is 19.4. The first kappa shape index (κ1) is 11.5. The van der Waals surface area contributed by atoms with E-state index in [0.29, 0.717) is 11.3 Å². The lowest BCUT2D eigenvalue weighted by Gasteiger charge is -2.39. The summed E-state index contributed by atoms with van der Waals surface area (Å²) in [5.74, 6) is -3.17. The maximum absolute atomic E-state index is 12.0. The van der Waals surface area contributed by atoms with Gasteiger partial charge < -0.3 is 10.0 Å². The molecule has 84 valence electrons. The lowest BCUT2D eigenvalue weighted by molar-refractivity contribution is -0.191. The Morgan fingerprint density at radius 1 is 1.40 bits per heavy atom. The maximum Gasteiger partial charge on any atom is 0.471 e. The van der Waals surface area contributed by atoms with Gasteiger partial charge in [-0.3, -0.25) is 4.79 Å². The number of hydrogen-bond acceptors (Lipinski definition) is 2. The normalized spacial score (nSPS) is 21.5. The van der Waals surface area contributed by atoms with E-state index in [1.54, 1.807) is 0 Å². The van der Waals surface area contributed by atoms with Crippen LogP contribution in [0.25, 0.3) is 0 Å². The van der Waals surface area contributed by atoms with E-state index in [2.05, 4.69) is 0 Å². The van der Waals surface area contributed by atoms with Crippen molar-refractivity contribution >= 4 is 11.9 Å². The fraction of sp³-hybridized carbons (Fsp3) is 0.500. The molecule has 1 atom stereocenters. The molecule has 1 fully saturated rings. The highest BCUT2D eigenvalue weighted by Crippen LogP contribution is 2.26. The second-order valence-corrected chi connectivity index (χ2v) is 3.05. The van der Waals surface area contributed by atoms with Gasteiger partial charge in [-0.25, -0.2) is 4.79 Å². The number of rotatable bonds is 2. The van der Waals surface area contributed by atoms with Gasteiger partial charge in [-0.2, -0.15) is 13.2 Å². The van der Waals surface area contributed by atoms with E-state index in [9.17, 15) is 22.8 Å². The number of aliphatic carboxylic acids is 1. The van der Waals surface area contributed by atoms with Crippen LogP contribution in [0.1, 0.15) is 6.42 Å².